The number of hydrazine groups is 1. The number of nitrogens with one attached hydrogen (secondary N) is 2. The van der Waals surface area contributed by atoms with Gasteiger partial charge in [0, 0.05) is 36.5 Å². The van der Waals surface area contributed by atoms with Crippen LogP contribution in [0.3, 0.4) is 0 Å². The summed E-state index contributed by atoms with van der Waals surface area (Å²) in [7, 11) is 0. The Morgan fingerprint density at radius 2 is 2.08 bits per heavy atom. The Kier molecular flexibility index (Phi) is 5.27. The lowest BCUT2D eigenvalue weighted by atomic mass is 9.85. The van der Waals surface area contributed by atoms with E-state index in [2.05, 4.69) is 51.9 Å². The summed E-state index contributed by atoms with van der Waals surface area (Å²) in [6, 6.07) is 8.93. The molecule has 0 radical (unpaired) electrons. The van der Waals surface area contributed by atoms with Crippen LogP contribution in [0.1, 0.15) is 43.6 Å². The molecule has 0 saturated carbocycles. The number of hydrogen-bond donors (Lipinski definition) is 2. The van der Waals surface area contributed by atoms with Gasteiger partial charge in [-0.3, -0.25) is 10.3 Å². The van der Waals surface area contributed by atoms with Gasteiger partial charge in [0.1, 0.15) is 0 Å². The third kappa shape index (κ3) is 3.93. The molecule has 0 amide bonds. The average Bonchev–Trinajstić information content (AvgIpc) is 3.22. The van der Waals surface area contributed by atoms with Gasteiger partial charge < -0.3 is 4.52 Å². The normalized spacial score (nSPS) is 26.4. The van der Waals surface area contributed by atoms with Crippen molar-refractivity contribution < 1.29 is 4.52 Å². The maximum Gasteiger partial charge on any atom is 0.226 e. The Morgan fingerprint density at radius 1 is 1.27 bits per heavy atom. The molecule has 0 bridgehead atoms. The van der Waals surface area contributed by atoms with E-state index in [9.17, 15) is 0 Å². The van der Waals surface area contributed by atoms with E-state index in [1.807, 2.05) is 12.1 Å². The first kappa shape index (κ1) is 17.9. The molecule has 3 heterocycles. The lowest BCUT2D eigenvalue weighted by Crippen LogP contribution is -2.45. The van der Waals surface area contributed by atoms with Crippen LogP contribution in [0.4, 0.5) is 0 Å². The molecule has 2 N–H and O–H groups in total. The maximum absolute atomic E-state index is 6.04. The van der Waals surface area contributed by atoms with Crippen molar-refractivity contribution in [2.45, 2.75) is 45.3 Å². The van der Waals surface area contributed by atoms with Crippen molar-refractivity contribution in [3.05, 3.63) is 46.6 Å². The van der Waals surface area contributed by atoms with Crippen LogP contribution in [0.25, 0.3) is 0 Å². The monoisotopic (exact) mass is 375 g/mol. The highest BCUT2D eigenvalue weighted by Crippen LogP contribution is 2.34. The van der Waals surface area contributed by atoms with Crippen molar-refractivity contribution in [1.82, 2.24) is 25.9 Å². The van der Waals surface area contributed by atoms with Crippen LogP contribution in [0.5, 0.6) is 0 Å². The second kappa shape index (κ2) is 7.64. The van der Waals surface area contributed by atoms with E-state index >= 15 is 0 Å². The zero-order valence-corrected chi connectivity index (χ0v) is 16.0. The van der Waals surface area contributed by atoms with Gasteiger partial charge in [-0.05, 0) is 30.0 Å². The molecule has 3 unspecified atom stereocenters. The second-order valence-electron chi connectivity index (χ2n) is 7.81. The van der Waals surface area contributed by atoms with Crippen LogP contribution in [0.15, 0.2) is 28.8 Å². The molecule has 2 aromatic rings. The van der Waals surface area contributed by atoms with Crippen molar-refractivity contribution in [3.63, 3.8) is 0 Å². The van der Waals surface area contributed by atoms with Crippen LogP contribution in [0, 0.1) is 11.8 Å². The average molecular weight is 376 g/mol. The van der Waals surface area contributed by atoms with E-state index in [1.165, 1.54) is 5.56 Å². The number of likely N-dealkylation sites (tertiary alicyclic amines) is 1. The van der Waals surface area contributed by atoms with Crippen molar-refractivity contribution in [2.24, 2.45) is 11.8 Å². The molecule has 6 nitrogen and oxygen atoms in total. The minimum absolute atomic E-state index is 0.293. The smallest absolute Gasteiger partial charge is 0.226 e. The molecule has 1 aromatic heterocycles. The van der Waals surface area contributed by atoms with Crippen molar-refractivity contribution in [2.75, 3.05) is 13.1 Å². The lowest BCUT2D eigenvalue weighted by Gasteiger charge is -2.35. The Labute approximate surface area is 159 Å². The van der Waals surface area contributed by atoms with Crippen LogP contribution in [-0.2, 0) is 13.0 Å². The number of aromatic nitrogens is 2. The van der Waals surface area contributed by atoms with Gasteiger partial charge in [-0.25, -0.2) is 5.43 Å². The first-order chi connectivity index (χ1) is 12.6. The molecule has 2 fully saturated rings. The Hall–Kier alpha value is -1.47. The Morgan fingerprint density at radius 3 is 2.85 bits per heavy atom. The lowest BCUT2D eigenvalue weighted by molar-refractivity contribution is 0.144. The van der Waals surface area contributed by atoms with Crippen LogP contribution >= 0.6 is 11.6 Å². The highest BCUT2D eigenvalue weighted by Gasteiger charge is 2.40. The summed E-state index contributed by atoms with van der Waals surface area (Å²) in [5, 5.41) is 4.94. The standard InChI is InChI=1S/C19H26ClN5O/c1-12(2)9-18-21-17(24-26-18)11-25-8-7-16-15(10-25)19(23-22-16)13-3-5-14(20)6-4-13/h3-6,12,15-16,19,22-23H,7-11H2,1-2H3. The molecule has 3 atom stereocenters. The van der Waals surface area contributed by atoms with Gasteiger partial charge in [-0.2, -0.15) is 4.98 Å². The molecule has 2 aliphatic heterocycles. The van der Waals surface area contributed by atoms with Gasteiger partial charge in [0.15, 0.2) is 5.82 Å². The molecule has 2 aliphatic rings. The number of fused-ring (bicyclic) bond motifs is 1. The van der Waals surface area contributed by atoms with Crippen LogP contribution < -0.4 is 10.9 Å². The molecule has 7 heteroatoms. The first-order valence-electron chi connectivity index (χ1n) is 9.39. The summed E-state index contributed by atoms with van der Waals surface area (Å²) in [6.07, 6.45) is 1.95. The molecule has 26 heavy (non-hydrogen) atoms. The quantitative estimate of drug-likeness (QED) is 0.837. The highest BCUT2D eigenvalue weighted by molar-refractivity contribution is 6.30. The minimum atomic E-state index is 0.293. The molecule has 0 aliphatic carbocycles. The Balaban J connectivity index is 1.41. The summed E-state index contributed by atoms with van der Waals surface area (Å²) in [6.45, 7) is 7.11. The topological polar surface area (TPSA) is 66.2 Å². The molecule has 140 valence electrons. The molecular weight excluding hydrogens is 350 g/mol. The first-order valence-corrected chi connectivity index (χ1v) is 9.76. The summed E-state index contributed by atoms with van der Waals surface area (Å²) >= 11 is 6.04. The number of nitrogens with zero attached hydrogens (tertiary/aromatic N) is 3. The number of hydrogen-bond acceptors (Lipinski definition) is 6. The van der Waals surface area contributed by atoms with Crippen LogP contribution in [0.2, 0.25) is 5.02 Å². The van der Waals surface area contributed by atoms with Crippen molar-refractivity contribution in [1.29, 1.82) is 0 Å². The zero-order chi connectivity index (χ0) is 18.1. The minimum Gasteiger partial charge on any atom is -0.339 e. The second-order valence-corrected chi connectivity index (χ2v) is 8.25. The van der Waals surface area contributed by atoms with Crippen LogP contribution in [-0.4, -0.2) is 34.2 Å². The van der Waals surface area contributed by atoms with E-state index < -0.39 is 0 Å². The van der Waals surface area contributed by atoms with Gasteiger partial charge in [0.25, 0.3) is 0 Å². The largest absolute Gasteiger partial charge is 0.339 e. The van der Waals surface area contributed by atoms with Gasteiger partial charge in [-0.15, -0.1) is 0 Å². The number of benzene rings is 1. The van der Waals surface area contributed by atoms with E-state index in [-0.39, 0.29) is 0 Å². The van der Waals surface area contributed by atoms with Gasteiger partial charge in [0.05, 0.1) is 12.6 Å². The summed E-state index contributed by atoms with van der Waals surface area (Å²) in [4.78, 5) is 6.98. The molecule has 1 aromatic carbocycles. The fourth-order valence-corrected chi connectivity index (χ4v) is 4.13. The number of piperidine rings is 1. The van der Waals surface area contributed by atoms with E-state index in [0.29, 0.717) is 23.9 Å². The third-order valence-electron chi connectivity index (χ3n) is 5.28. The van der Waals surface area contributed by atoms with E-state index in [0.717, 1.165) is 49.2 Å². The Bertz CT molecular complexity index is 732. The van der Waals surface area contributed by atoms with E-state index in [4.69, 9.17) is 16.1 Å². The third-order valence-corrected chi connectivity index (χ3v) is 5.53. The van der Waals surface area contributed by atoms with Gasteiger partial charge in [0.2, 0.25) is 5.89 Å². The van der Waals surface area contributed by atoms with Gasteiger partial charge in [-0.1, -0.05) is 42.7 Å². The van der Waals surface area contributed by atoms with E-state index in [1.54, 1.807) is 0 Å². The van der Waals surface area contributed by atoms with Crippen molar-refractivity contribution >= 4 is 11.6 Å². The number of rotatable bonds is 5. The van der Waals surface area contributed by atoms with Gasteiger partial charge >= 0.3 is 0 Å². The summed E-state index contributed by atoms with van der Waals surface area (Å²) < 4.78 is 5.38. The van der Waals surface area contributed by atoms with Crippen molar-refractivity contribution in [3.8, 4) is 0 Å². The SMILES string of the molecule is CC(C)Cc1nc(CN2CCC3NNC(c4ccc(Cl)cc4)C3C2)no1. The molecule has 2 saturated heterocycles. The predicted molar refractivity (Wildman–Crippen MR) is 100 cm³/mol. The molecule has 0 spiro atoms. The predicted octanol–water partition coefficient (Wildman–Crippen LogP) is 2.96. The molecular formula is C19H26ClN5O. The zero-order valence-electron chi connectivity index (χ0n) is 15.3. The fourth-order valence-electron chi connectivity index (χ4n) is 4.00. The number of halogens is 1. The fraction of sp³-hybridized carbons (Fsp3) is 0.579. The summed E-state index contributed by atoms with van der Waals surface area (Å²) in [5.41, 5.74) is 8.22. The molecule has 4 rings (SSSR count). The maximum atomic E-state index is 6.04. The highest BCUT2D eigenvalue weighted by atomic mass is 35.5. The summed E-state index contributed by atoms with van der Waals surface area (Å²) in [5.74, 6) is 2.57.